The summed E-state index contributed by atoms with van der Waals surface area (Å²) in [4.78, 5) is 0. The molecular formula is C14H11ClN2O2S. The number of rotatable bonds is 4. The van der Waals surface area contributed by atoms with E-state index in [0.29, 0.717) is 21.8 Å². The van der Waals surface area contributed by atoms with Crippen molar-refractivity contribution < 1.29 is 8.42 Å². The third kappa shape index (κ3) is 3.73. The first-order valence-corrected chi connectivity index (χ1v) is 7.77. The van der Waals surface area contributed by atoms with E-state index in [1.807, 2.05) is 6.07 Å². The van der Waals surface area contributed by atoms with Crippen molar-refractivity contribution in [3.05, 3.63) is 64.7 Å². The Morgan fingerprint density at radius 3 is 2.35 bits per heavy atom. The Bertz CT molecular complexity index is 749. The second-order valence-corrected chi connectivity index (χ2v) is 6.27. The third-order valence-electron chi connectivity index (χ3n) is 2.59. The van der Waals surface area contributed by atoms with E-state index in [4.69, 9.17) is 16.9 Å². The van der Waals surface area contributed by atoms with Crippen LogP contribution in [0.4, 0.5) is 5.69 Å². The van der Waals surface area contributed by atoms with E-state index in [1.165, 1.54) is 0 Å². The Hall–Kier alpha value is -2.03. The van der Waals surface area contributed by atoms with Crippen molar-refractivity contribution in [1.82, 2.24) is 0 Å². The Balaban J connectivity index is 2.15. The minimum atomic E-state index is -3.55. The fourth-order valence-electron chi connectivity index (χ4n) is 1.65. The van der Waals surface area contributed by atoms with Gasteiger partial charge in [0.1, 0.15) is 0 Å². The predicted octanol–water partition coefficient (Wildman–Crippen LogP) is 3.15. The number of sulfonamides is 1. The topological polar surface area (TPSA) is 70.0 Å². The van der Waals surface area contributed by atoms with E-state index in [-0.39, 0.29) is 5.75 Å². The number of halogens is 1. The Morgan fingerprint density at radius 2 is 1.75 bits per heavy atom. The maximum Gasteiger partial charge on any atom is 0.236 e. The van der Waals surface area contributed by atoms with Crippen LogP contribution in [0.5, 0.6) is 0 Å². The quantitative estimate of drug-likeness (QED) is 0.943. The van der Waals surface area contributed by atoms with Gasteiger partial charge in [-0.05, 0) is 35.9 Å². The molecule has 0 saturated carbocycles. The zero-order valence-electron chi connectivity index (χ0n) is 10.4. The van der Waals surface area contributed by atoms with Crippen LogP contribution < -0.4 is 4.72 Å². The summed E-state index contributed by atoms with van der Waals surface area (Å²) in [5.41, 5.74) is 1.42. The van der Waals surface area contributed by atoms with Crippen LogP contribution >= 0.6 is 11.6 Å². The fraction of sp³-hybridized carbons (Fsp3) is 0.0714. The van der Waals surface area contributed by atoms with Gasteiger partial charge in [0, 0.05) is 10.7 Å². The van der Waals surface area contributed by atoms with Gasteiger partial charge in [0.25, 0.3) is 0 Å². The predicted molar refractivity (Wildman–Crippen MR) is 78.9 cm³/mol. The van der Waals surface area contributed by atoms with E-state index in [2.05, 4.69) is 4.72 Å². The summed E-state index contributed by atoms with van der Waals surface area (Å²) in [6.07, 6.45) is 0. The molecule has 0 heterocycles. The summed E-state index contributed by atoms with van der Waals surface area (Å²) in [6, 6.07) is 14.9. The highest BCUT2D eigenvalue weighted by Crippen LogP contribution is 2.19. The summed E-state index contributed by atoms with van der Waals surface area (Å²) in [6.45, 7) is 0. The molecule has 0 unspecified atom stereocenters. The lowest BCUT2D eigenvalue weighted by molar-refractivity contribution is 0.600. The molecule has 0 spiro atoms. The van der Waals surface area contributed by atoms with Crippen molar-refractivity contribution in [2.75, 3.05) is 4.72 Å². The summed E-state index contributed by atoms with van der Waals surface area (Å²) >= 11 is 5.94. The van der Waals surface area contributed by atoms with Crippen molar-refractivity contribution in [3.63, 3.8) is 0 Å². The van der Waals surface area contributed by atoms with E-state index < -0.39 is 10.0 Å². The molecule has 0 aliphatic carbocycles. The van der Waals surface area contributed by atoms with Gasteiger partial charge in [-0.15, -0.1) is 0 Å². The van der Waals surface area contributed by atoms with Crippen LogP contribution in [0.1, 0.15) is 11.1 Å². The van der Waals surface area contributed by atoms with Crippen molar-refractivity contribution in [2.24, 2.45) is 0 Å². The molecule has 0 saturated heterocycles. The second-order valence-electron chi connectivity index (χ2n) is 4.14. The molecule has 0 aromatic heterocycles. The van der Waals surface area contributed by atoms with Gasteiger partial charge in [0.05, 0.1) is 17.4 Å². The molecule has 2 rings (SSSR count). The highest BCUT2D eigenvalue weighted by atomic mass is 35.5. The van der Waals surface area contributed by atoms with Gasteiger partial charge in [-0.3, -0.25) is 4.72 Å². The van der Waals surface area contributed by atoms with E-state index in [9.17, 15) is 8.42 Å². The standard InChI is InChI=1S/C14H11ClN2O2S/c15-14-4-2-1-3-12(14)10-20(18,19)17-13-7-5-11(9-16)6-8-13/h1-8,17H,10H2. The lowest BCUT2D eigenvalue weighted by Crippen LogP contribution is -2.15. The van der Waals surface area contributed by atoms with Gasteiger partial charge in [-0.1, -0.05) is 29.8 Å². The molecule has 0 amide bonds. The molecule has 6 heteroatoms. The smallest absolute Gasteiger partial charge is 0.236 e. The van der Waals surface area contributed by atoms with Gasteiger partial charge < -0.3 is 0 Å². The minimum Gasteiger partial charge on any atom is -0.283 e. The highest BCUT2D eigenvalue weighted by molar-refractivity contribution is 7.91. The van der Waals surface area contributed by atoms with Gasteiger partial charge in [0.2, 0.25) is 10.0 Å². The van der Waals surface area contributed by atoms with Crippen LogP contribution in [0.25, 0.3) is 0 Å². The number of nitrogens with one attached hydrogen (secondary N) is 1. The highest BCUT2D eigenvalue weighted by Gasteiger charge is 2.13. The summed E-state index contributed by atoms with van der Waals surface area (Å²) < 4.78 is 26.5. The van der Waals surface area contributed by atoms with Crippen molar-refractivity contribution in [2.45, 2.75) is 5.75 Å². The third-order valence-corrected chi connectivity index (χ3v) is 4.20. The maximum atomic E-state index is 12.0. The van der Waals surface area contributed by atoms with Crippen molar-refractivity contribution in [3.8, 4) is 6.07 Å². The zero-order chi connectivity index (χ0) is 14.6. The SMILES string of the molecule is N#Cc1ccc(NS(=O)(=O)Cc2ccccc2Cl)cc1. The first kappa shape index (κ1) is 14.4. The fourth-order valence-corrected chi connectivity index (χ4v) is 3.16. The Labute approximate surface area is 122 Å². The van der Waals surface area contributed by atoms with Crippen LogP contribution in [-0.2, 0) is 15.8 Å². The molecule has 20 heavy (non-hydrogen) atoms. The van der Waals surface area contributed by atoms with E-state index >= 15 is 0 Å². The van der Waals surface area contributed by atoms with E-state index in [0.717, 1.165) is 0 Å². The second kappa shape index (κ2) is 5.95. The number of anilines is 1. The van der Waals surface area contributed by atoms with Gasteiger partial charge in [-0.25, -0.2) is 8.42 Å². The number of hydrogen-bond donors (Lipinski definition) is 1. The summed E-state index contributed by atoms with van der Waals surface area (Å²) in [5, 5.41) is 9.10. The Kier molecular flexibility index (Phi) is 4.28. The molecular weight excluding hydrogens is 296 g/mol. The van der Waals surface area contributed by atoms with Crippen LogP contribution in [0, 0.1) is 11.3 Å². The Morgan fingerprint density at radius 1 is 1.10 bits per heavy atom. The molecule has 0 aliphatic rings. The number of benzene rings is 2. The molecule has 1 N–H and O–H groups in total. The number of hydrogen-bond acceptors (Lipinski definition) is 3. The van der Waals surface area contributed by atoms with Crippen molar-refractivity contribution >= 4 is 27.3 Å². The van der Waals surface area contributed by atoms with E-state index in [1.54, 1.807) is 48.5 Å². The molecule has 0 fully saturated rings. The monoisotopic (exact) mass is 306 g/mol. The zero-order valence-corrected chi connectivity index (χ0v) is 11.9. The van der Waals surface area contributed by atoms with Gasteiger partial charge in [-0.2, -0.15) is 5.26 Å². The van der Waals surface area contributed by atoms with Crippen molar-refractivity contribution in [1.29, 1.82) is 5.26 Å². The lowest BCUT2D eigenvalue weighted by Gasteiger charge is -2.09. The van der Waals surface area contributed by atoms with Crippen LogP contribution in [0.3, 0.4) is 0 Å². The van der Waals surface area contributed by atoms with Crippen LogP contribution in [0.2, 0.25) is 5.02 Å². The number of nitriles is 1. The minimum absolute atomic E-state index is 0.202. The molecule has 0 aliphatic heterocycles. The molecule has 0 bridgehead atoms. The first-order valence-electron chi connectivity index (χ1n) is 5.74. The first-order chi connectivity index (χ1) is 9.50. The normalized spacial score (nSPS) is 10.8. The van der Waals surface area contributed by atoms with Gasteiger partial charge in [0.15, 0.2) is 0 Å². The lowest BCUT2D eigenvalue weighted by atomic mass is 10.2. The molecule has 4 nitrogen and oxygen atoms in total. The summed E-state index contributed by atoms with van der Waals surface area (Å²) in [5.74, 6) is -0.202. The average molecular weight is 307 g/mol. The molecule has 2 aromatic rings. The average Bonchev–Trinajstić information content (AvgIpc) is 2.41. The molecule has 0 atom stereocenters. The van der Waals surface area contributed by atoms with Crippen LogP contribution in [-0.4, -0.2) is 8.42 Å². The largest absolute Gasteiger partial charge is 0.283 e. The number of nitrogens with zero attached hydrogens (tertiary/aromatic N) is 1. The summed E-state index contributed by atoms with van der Waals surface area (Å²) in [7, 11) is -3.55. The van der Waals surface area contributed by atoms with Gasteiger partial charge >= 0.3 is 0 Å². The maximum absolute atomic E-state index is 12.0. The molecule has 0 radical (unpaired) electrons. The molecule has 102 valence electrons. The van der Waals surface area contributed by atoms with Crippen LogP contribution in [0.15, 0.2) is 48.5 Å². The molecule has 2 aromatic carbocycles.